The Morgan fingerprint density at radius 2 is 2.12 bits per heavy atom. The molecule has 0 N–H and O–H groups in total. The van der Waals surface area contributed by atoms with E-state index in [0.717, 1.165) is 68.1 Å². The molecular weight excluding hydrogens is 556 g/mol. The molecule has 0 aromatic heterocycles. The fourth-order valence-electron chi connectivity index (χ4n) is 6.97. The predicted octanol–water partition coefficient (Wildman–Crippen LogP) is 6.89. The van der Waals surface area contributed by atoms with Gasteiger partial charge in [0.2, 0.25) is 0 Å². The van der Waals surface area contributed by atoms with Gasteiger partial charge in [0.25, 0.3) is 5.91 Å². The topological polar surface area (TPSA) is 68.2 Å². The van der Waals surface area contributed by atoms with Gasteiger partial charge in [-0.2, -0.15) is 4.36 Å². The molecule has 1 fully saturated rings. The Kier molecular flexibility index (Phi) is 9.47. The quantitative estimate of drug-likeness (QED) is 0.251. The number of halogens is 1. The molecule has 2 aromatic carbocycles. The van der Waals surface area contributed by atoms with Crippen LogP contribution in [-0.2, 0) is 27.2 Å². The molecule has 2 aliphatic carbocycles. The maximum absolute atomic E-state index is 13.2. The van der Waals surface area contributed by atoms with Crippen molar-refractivity contribution in [2.75, 3.05) is 37.5 Å². The molecule has 1 spiro atoms. The molecule has 222 valence electrons. The van der Waals surface area contributed by atoms with Crippen molar-refractivity contribution >= 4 is 33.8 Å². The van der Waals surface area contributed by atoms with Crippen LogP contribution in [0.1, 0.15) is 67.4 Å². The van der Waals surface area contributed by atoms with Crippen molar-refractivity contribution in [3.05, 3.63) is 70.8 Å². The zero-order valence-electron chi connectivity index (χ0n) is 24.5. The Morgan fingerprint density at radius 1 is 1.29 bits per heavy atom. The van der Waals surface area contributed by atoms with Crippen LogP contribution in [0.15, 0.2) is 53.4 Å². The van der Waals surface area contributed by atoms with Gasteiger partial charge in [0, 0.05) is 52.5 Å². The number of methoxy groups -OCH3 is 1. The second-order valence-electron chi connectivity index (χ2n) is 12.3. The number of carbonyl (C=O) groups is 1. The van der Waals surface area contributed by atoms with E-state index in [9.17, 15) is 9.00 Å². The Bertz CT molecular complexity index is 1370. The maximum Gasteiger partial charge on any atom is 0.284 e. The van der Waals surface area contributed by atoms with E-state index in [0.29, 0.717) is 29.8 Å². The summed E-state index contributed by atoms with van der Waals surface area (Å²) < 4.78 is 29.0. The van der Waals surface area contributed by atoms with Crippen LogP contribution in [0.4, 0.5) is 5.69 Å². The second-order valence-corrected chi connectivity index (χ2v) is 14.0. The molecule has 6 nitrogen and oxygen atoms in total. The van der Waals surface area contributed by atoms with Crippen LogP contribution in [0.25, 0.3) is 0 Å². The highest BCUT2D eigenvalue weighted by Gasteiger charge is 2.44. The Morgan fingerprint density at radius 3 is 2.85 bits per heavy atom. The van der Waals surface area contributed by atoms with Crippen LogP contribution >= 0.6 is 11.6 Å². The van der Waals surface area contributed by atoms with Gasteiger partial charge in [-0.15, -0.1) is 6.58 Å². The number of hydrogen-bond acceptors (Lipinski definition) is 5. The van der Waals surface area contributed by atoms with Crippen LogP contribution in [0.5, 0.6) is 5.75 Å². The molecule has 0 radical (unpaired) electrons. The lowest BCUT2D eigenvalue weighted by molar-refractivity contribution is -0.00436. The third-order valence-electron chi connectivity index (χ3n) is 9.43. The summed E-state index contributed by atoms with van der Waals surface area (Å²) in [5.41, 5.74) is 3.80. The highest BCUT2D eigenvalue weighted by atomic mass is 35.5. The summed E-state index contributed by atoms with van der Waals surface area (Å²) in [5, 5.41) is 0.769. The van der Waals surface area contributed by atoms with Gasteiger partial charge in [0.15, 0.2) is 0 Å². The molecule has 6 atom stereocenters. The number of carbonyl (C=O) groups excluding carboxylic acids is 1. The maximum atomic E-state index is 13.2. The normalized spacial score (nSPS) is 25.7. The minimum atomic E-state index is -1.98. The lowest BCUT2D eigenvalue weighted by atomic mass is 9.68. The summed E-state index contributed by atoms with van der Waals surface area (Å²) in [6.45, 7) is 10.1. The van der Waals surface area contributed by atoms with Crippen molar-refractivity contribution in [3.8, 4) is 5.75 Å². The van der Waals surface area contributed by atoms with E-state index in [-0.39, 0.29) is 17.4 Å². The number of rotatable bonds is 9. The fourth-order valence-corrected chi connectivity index (χ4v) is 8.25. The summed E-state index contributed by atoms with van der Waals surface area (Å²) in [5.74, 6) is 1.87. The van der Waals surface area contributed by atoms with E-state index in [1.807, 2.05) is 31.2 Å². The van der Waals surface area contributed by atoms with Gasteiger partial charge in [0.05, 0.1) is 18.4 Å². The molecule has 1 unspecified atom stereocenters. The zero-order valence-corrected chi connectivity index (χ0v) is 26.1. The van der Waals surface area contributed by atoms with Crippen molar-refractivity contribution in [1.82, 2.24) is 0 Å². The van der Waals surface area contributed by atoms with E-state index >= 15 is 0 Å². The van der Waals surface area contributed by atoms with E-state index < -0.39 is 16.5 Å². The molecule has 0 saturated heterocycles. The fraction of sp³-hybridized carbons (Fsp3) is 0.545. The Hall–Kier alpha value is -2.35. The Balaban J connectivity index is 1.49. The van der Waals surface area contributed by atoms with Crippen LogP contribution in [-0.4, -0.2) is 48.8 Å². The first kappa shape index (κ1) is 30.1. The van der Waals surface area contributed by atoms with Gasteiger partial charge < -0.3 is 14.4 Å². The first-order valence-corrected chi connectivity index (χ1v) is 16.7. The monoisotopic (exact) mass is 598 g/mol. The summed E-state index contributed by atoms with van der Waals surface area (Å²) in [6, 6.07) is 11.8. The molecule has 1 aliphatic heterocycles. The number of benzene rings is 2. The molecule has 2 aromatic rings. The summed E-state index contributed by atoms with van der Waals surface area (Å²) in [7, 11) is -0.194. The number of hydrogen-bond donors (Lipinski definition) is 1. The van der Waals surface area contributed by atoms with E-state index in [2.05, 4.69) is 34.9 Å². The minimum absolute atomic E-state index is 0.165. The number of nitrogens with zero attached hydrogens (tertiary/aromatic N) is 2. The van der Waals surface area contributed by atoms with Crippen molar-refractivity contribution in [1.29, 1.82) is 0 Å². The molecule has 1 heterocycles. The third kappa shape index (κ3) is 6.52. The van der Waals surface area contributed by atoms with Crippen molar-refractivity contribution in [2.45, 2.75) is 63.9 Å². The number of ether oxygens (including phenoxy) is 2. The van der Waals surface area contributed by atoms with Gasteiger partial charge >= 0.3 is 0 Å². The molecule has 8 heteroatoms. The summed E-state index contributed by atoms with van der Waals surface area (Å²) in [6.07, 6.45) is 8.20. The first-order chi connectivity index (χ1) is 19.7. The number of amides is 1. The lowest BCUT2D eigenvalue weighted by Crippen LogP contribution is -2.49. The molecule has 41 heavy (non-hydrogen) atoms. The zero-order chi connectivity index (χ0) is 29.1. The highest BCUT2D eigenvalue weighted by molar-refractivity contribution is 7.75. The highest BCUT2D eigenvalue weighted by Crippen LogP contribution is 2.46. The van der Waals surface area contributed by atoms with Crippen LogP contribution in [0, 0.1) is 17.8 Å². The summed E-state index contributed by atoms with van der Waals surface area (Å²) >= 11 is 6.40. The van der Waals surface area contributed by atoms with Gasteiger partial charge in [-0.25, -0.2) is 0 Å². The number of aryl methyl sites for hydroxylation is 1. The Labute approximate surface area is 251 Å². The van der Waals surface area contributed by atoms with Gasteiger partial charge in [-0.3, -0.25) is 9.00 Å². The largest absolute Gasteiger partial charge is 0.490 e. The van der Waals surface area contributed by atoms with E-state index in [1.165, 1.54) is 11.1 Å². The second kappa shape index (κ2) is 12.9. The van der Waals surface area contributed by atoms with Gasteiger partial charge in [-0.05, 0) is 105 Å². The van der Waals surface area contributed by atoms with Crippen LogP contribution in [0.2, 0.25) is 5.02 Å². The van der Waals surface area contributed by atoms with Crippen molar-refractivity contribution in [2.24, 2.45) is 22.1 Å². The molecule has 1 saturated carbocycles. The first-order valence-electron chi connectivity index (χ1n) is 14.9. The molecule has 1 amide bonds. The van der Waals surface area contributed by atoms with Gasteiger partial charge in [-0.1, -0.05) is 30.7 Å². The van der Waals surface area contributed by atoms with Gasteiger partial charge in [0.1, 0.15) is 5.75 Å². The molecular formula is C33H43ClN2O4S. The van der Waals surface area contributed by atoms with Crippen molar-refractivity contribution < 1.29 is 18.5 Å². The third-order valence-corrected chi connectivity index (χ3v) is 11.0. The number of fused-ring (bicyclic) bond motifs is 3. The number of thiol groups is 1. The lowest BCUT2D eigenvalue weighted by Gasteiger charge is -2.45. The SMILES string of the molecule is C=CC[C@H](C)C/[SH](=O)=N\C(=O)c1ccc2c(c1)N(C[C@@H]1CC[C@H]1[C@H](C)OC)C[C@@]1(CCCc3cc(Cl)ccc31)CO2. The van der Waals surface area contributed by atoms with Crippen LogP contribution < -0.4 is 9.64 Å². The van der Waals surface area contributed by atoms with Crippen LogP contribution in [0.3, 0.4) is 0 Å². The average molecular weight is 599 g/mol. The molecule has 5 rings (SSSR count). The number of allylic oxidation sites excluding steroid dienone is 1. The van der Waals surface area contributed by atoms with E-state index in [4.69, 9.17) is 21.1 Å². The average Bonchev–Trinajstić information content (AvgIpc) is 3.07. The smallest absolute Gasteiger partial charge is 0.284 e. The molecule has 3 aliphatic rings. The van der Waals surface area contributed by atoms with Crippen molar-refractivity contribution in [3.63, 3.8) is 0 Å². The summed E-state index contributed by atoms with van der Waals surface area (Å²) in [4.78, 5) is 15.6. The number of anilines is 1. The predicted molar refractivity (Wildman–Crippen MR) is 168 cm³/mol. The molecule has 0 bridgehead atoms. The van der Waals surface area contributed by atoms with E-state index in [1.54, 1.807) is 13.2 Å². The standard InChI is InChI=1S/C33H43ClN2O4S/c1-5-7-22(2)19-41(38)35-32(37)25-10-14-31-30(17-25)36(18-26-9-12-28(26)23(3)39-4)20-33(21-40-31)15-6-8-24-16-27(34)11-13-29(24)33/h5,10-11,13-14,16-17,22-23,26,28,41H,1,6-9,12,15,18-21H2,2-4H3/t22-,23-,26-,28-,33-/m0/s1. The minimum Gasteiger partial charge on any atom is -0.490 e.